The van der Waals surface area contributed by atoms with Gasteiger partial charge in [0.2, 0.25) is 0 Å². The molecule has 0 aliphatic carbocycles. The normalized spacial score (nSPS) is 9.43. The molecule has 0 aromatic heterocycles. The van der Waals surface area contributed by atoms with Crippen LogP contribution in [0.2, 0.25) is 0 Å². The van der Waals surface area contributed by atoms with E-state index in [2.05, 4.69) is 28.1 Å². The fraction of sp³-hybridized carbons (Fsp3) is 0.273. The molecule has 1 aromatic carbocycles. The summed E-state index contributed by atoms with van der Waals surface area (Å²) in [7, 11) is 0. The fourth-order valence-corrected chi connectivity index (χ4v) is 1.53. The molecule has 0 radical (unpaired) electrons. The number of benzene rings is 1. The van der Waals surface area contributed by atoms with Crippen LogP contribution in [-0.4, -0.2) is 0 Å². The standard InChI is InChI=1S/C11H9BrN2/c12-11-3-1-9(2-4-11)10(5-7-13)6-8-14/h1-4,10H,5-6H2. The Hall–Kier alpha value is -1.32. The van der Waals surface area contributed by atoms with Gasteiger partial charge in [-0.2, -0.15) is 10.5 Å². The second-order valence-electron chi connectivity index (χ2n) is 2.97. The molecule has 0 amide bonds. The number of hydrogen-bond acceptors (Lipinski definition) is 2. The first kappa shape index (κ1) is 10.8. The summed E-state index contributed by atoms with van der Waals surface area (Å²) in [5.74, 6) is 0.0399. The Labute approximate surface area is 91.9 Å². The van der Waals surface area contributed by atoms with Crippen LogP contribution >= 0.6 is 15.9 Å². The van der Waals surface area contributed by atoms with Crippen LogP contribution in [0, 0.1) is 22.7 Å². The third kappa shape index (κ3) is 2.87. The molecule has 0 atom stereocenters. The molecule has 0 spiro atoms. The van der Waals surface area contributed by atoms with E-state index < -0.39 is 0 Å². The molecule has 1 rings (SSSR count). The Bertz CT molecular complexity index is 354. The van der Waals surface area contributed by atoms with Crippen molar-refractivity contribution in [2.24, 2.45) is 0 Å². The number of nitrogens with zero attached hydrogens (tertiary/aromatic N) is 2. The monoisotopic (exact) mass is 248 g/mol. The summed E-state index contributed by atoms with van der Waals surface area (Å²) in [5, 5.41) is 17.2. The van der Waals surface area contributed by atoms with Gasteiger partial charge in [0.25, 0.3) is 0 Å². The molecule has 0 bridgehead atoms. The van der Waals surface area contributed by atoms with Crippen LogP contribution in [0.4, 0.5) is 0 Å². The van der Waals surface area contributed by atoms with Gasteiger partial charge in [-0.1, -0.05) is 28.1 Å². The second kappa shape index (κ2) is 5.42. The van der Waals surface area contributed by atoms with Crippen molar-refractivity contribution in [3.8, 4) is 12.1 Å². The van der Waals surface area contributed by atoms with Crippen LogP contribution in [0.15, 0.2) is 28.7 Å². The van der Waals surface area contributed by atoms with Gasteiger partial charge in [0.1, 0.15) is 0 Å². The lowest BCUT2D eigenvalue weighted by atomic mass is 9.94. The van der Waals surface area contributed by atoms with Crippen molar-refractivity contribution in [3.63, 3.8) is 0 Å². The van der Waals surface area contributed by atoms with E-state index in [1.54, 1.807) is 0 Å². The lowest BCUT2D eigenvalue weighted by Gasteiger charge is -2.09. The minimum Gasteiger partial charge on any atom is -0.198 e. The van der Waals surface area contributed by atoms with Crippen molar-refractivity contribution >= 4 is 15.9 Å². The fourth-order valence-electron chi connectivity index (χ4n) is 1.26. The van der Waals surface area contributed by atoms with Crippen molar-refractivity contribution in [2.45, 2.75) is 18.8 Å². The van der Waals surface area contributed by atoms with Crippen molar-refractivity contribution in [3.05, 3.63) is 34.3 Å². The Balaban J connectivity index is 2.84. The lowest BCUT2D eigenvalue weighted by Crippen LogP contribution is -1.96. The largest absolute Gasteiger partial charge is 0.198 e. The zero-order valence-corrected chi connectivity index (χ0v) is 9.16. The highest BCUT2D eigenvalue weighted by molar-refractivity contribution is 9.10. The number of hydrogen-bond donors (Lipinski definition) is 0. The van der Waals surface area contributed by atoms with Gasteiger partial charge in [0.15, 0.2) is 0 Å². The number of halogens is 1. The van der Waals surface area contributed by atoms with Crippen molar-refractivity contribution in [1.29, 1.82) is 10.5 Å². The van der Waals surface area contributed by atoms with Gasteiger partial charge >= 0.3 is 0 Å². The van der Waals surface area contributed by atoms with Gasteiger partial charge < -0.3 is 0 Å². The summed E-state index contributed by atoms with van der Waals surface area (Å²) < 4.78 is 1.01. The summed E-state index contributed by atoms with van der Waals surface area (Å²) in [6.07, 6.45) is 0.796. The molecule has 1 aromatic rings. The van der Waals surface area contributed by atoms with Crippen LogP contribution in [0.25, 0.3) is 0 Å². The maximum atomic E-state index is 8.61. The summed E-state index contributed by atoms with van der Waals surface area (Å²) in [6, 6.07) is 12.0. The molecule has 0 saturated carbocycles. The molecule has 14 heavy (non-hydrogen) atoms. The average molecular weight is 249 g/mol. The van der Waals surface area contributed by atoms with Gasteiger partial charge in [0, 0.05) is 23.2 Å². The quantitative estimate of drug-likeness (QED) is 0.824. The Morgan fingerprint density at radius 3 is 2.00 bits per heavy atom. The van der Waals surface area contributed by atoms with Crippen LogP contribution in [0.5, 0.6) is 0 Å². The van der Waals surface area contributed by atoms with Crippen molar-refractivity contribution in [2.75, 3.05) is 0 Å². The SMILES string of the molecule is N#CCC(CC#N)c1ccc(Br)cc1. The first-order valence-electron chi connectivity index (χ1n) is 4.27. The van der Waals surface area contributed by atoms with E-state index in [-0.39, 0.29) is 5.92 Å². The molecule has 0 N–H and O–H groups in total. The molecule has 0 saturated heterocycles. The molecule has 0 unspecified atom stereocenters. The minimum atomic E-state index is 0.0399. The molecular formula is C11H9BrN2. The highest BCUT2D eigenvalue weighted by Crippen LogP contribution is 2.24. The first-order valence-corrected chi connectivity index (χ1v) is 5.06. The summed E-state index contributed by atoms with van der Waals surface area (Å²) in [6.45, 7) is 0. The molecule has 2 nitrogen and oxygen atoms in total. The van der Waals surface area contributed by atoms with Gasteiger partial charge in [0.05, 0.1) is 12.1 Å². The highest BCUT2D eigenvalue weighted by Gasteiger charge is 2.10. The molecule has 0 aliphatic rings. The van der Waals surface area contributed by atoms with Crippen molar-refractivity contribution in [1.82, 2.24) is 0 Å². The zero-order chi connectivity index (χ0) is 10.4. The van der Waals surface area contributed by atoms with Crippen molar-refractivity contribution < 1.29 is 0 Å². The van der Waals surface area contributed by atoms with E-state index in [0.29, 0.717) is 12.8 Å². The first-order chi connectivity index (χ1) is 6.77. The Morgan fingerprint density at radius 1 is 1.07 bits per heavy atom. The lowest BCUT2D eigenvalue weighted by molar-refractivity contribution is 0.726. The molecule has 3 heteroatoms. The third-order valence-corrected chi connectivity index (χ3v) is 2.55. The smallest absolute Gasteiger partial charge is 0.0628 e. The van der Waals surface area contributed by atoms with E-state index >= 15 is 0 Å². The molecular weight excluding hydrogens is 240 g/mol. The van der Waals surface area contributed by atoms with Crippen LogP contribution in [-0.2, 0) is 0 Å². The molecule has 0 fully saturated rings. The van der Waals surface area contributed by atoms with Gasteiger partial charge in [-0.15, -0.1) is 0 Å². The molecule has 0 heterocycles. The topological polar surface area (TPSA) is 47.6 Å². The maximum Gasteiger partial charge on any atom is 0.0628 e. The van der Waals surface area contributed by atoms with E-state index in [4.69, 9.17) is 10.5 Å². The van der Waals surface area contributed by atoms with Crippen LogP contribution in [0.1, 0.15) is 24.3 Å². The molecule has 0 aliphatic heterocycles. The number of rotatable bonds is 3. The van der Waals surface area contributed by atoms with Gasteiger partial charge in [-0.05, 0) is 17.7 Å². The van der Waals surface area contributed by atoms with Crippen LogP contribution < -0.4 is 0 Å². The second-order valence-corrected chi connectivity index (χ2v) is 3.89. The summed E-state index contributed by atoms with van der Waals surface area (Å²) in [4.78, 5) is 0. The van der Waals surface area contributed by atoms with E-state index in [0.717, 1.165) is 10.0 Å². The summed E-state index contributed by atoms with van der Waals surface area (Å²) >= 11 is 3.34. The number of nitriles is 2. The van der Waals surface area contributed by atoms with Gasteiger partial charge in [-0.25, -0.2) is 0 Å². The van der Waals surface area contributed by atoms with E-state index in [1.807, 2.05) is 24.3 Å². The van der Waals surface area contributed by atoms with E-state index in [1.165, 1.54) is 0 Å². The van der Waals surface area contributed by atoms with Crippen LogP contribution in [0.3, 0.4) is 0 Å². The average Bonchev–Trinajstić information content (AvgIpc) is 2.19. The highest BCUT2D eigenvalue weighted by atomic mass is 79.9. The van der Waals surface area contributed by atoms with Gasteiger partial charge in [-0.3, -0.25) is 0 Å². The maximum absolute atomic E-state index is 8.61. The minimum absolute atomic E-state index is 0.0399. The predicted molar refractivity (Wildman–Crippen MR) is 57.3 cm³/mol. The van der Waals surface area contributed by atoms with E-state index in [9.17, 15) is 0 Å². The Morgan fingerprint density at radius 2 is 1.57 bits per heavy atom. The zero-order valence-electron chi connectivity index (χ0n) is 7.57. The third-order valence-electron chi connectivity index (χ3n) is 2.02. The summed E-state index contributed by atoms with van der Waals surface area (Å²) in [5.41, 5.74) is 1.05. The predicted octanol–water partition coefficient (Wildman–Crippen LogP) is 3.36. The Kier molecular flexibility index (Phi) is 4.16. The molecule has 70 valence electrons.